The fourth-order valence-electron chi connectivity index (χ4n) is 5.26. The number of amides is 2. The monoisotopic (exact) mass is 449 g/mol. The highest BCUT2D eigenvalue weighted by molar-refractivity contribution is 6.47. The molecular weight excluding hydrogens is 430 g/mol. The average Bonchev–Trinajstić information content (AvgIpc) is 3.47. The van der Waals surface area contributed by atoms with E-state index in [-0.39, 0.29) is 28.9 Å². The van der Waals surface area contributed by atoms with E-state index in [0.717, 1.165) is 29.7 Å². The van der Waals surface area contributed by atoms with E-state index in [1.165, 1.54) is 0 Å². The van der Waals surface area contributed by atoms with Crippen molar-refractivity contribution in [2.45, 2.75) is 25.3 Å². The van der Waals surface area contributed by atoms with Crippen molar-refractivity contribution >= 4 is 40.2 Å². The van der Waals surface area contributed by atoms with Crippen molar-refractivity contribution in [1.29, 1.82) is 0 Å². The first kappa shape index (κ1) is 19.2. The van der Waals surface area contributed by atoms with Crippen molar-refractivity contribution in [2.75, 3.05) is 4.90 Å². The van der Waals surface area contributed by atoms with E-state index in [4.69, 9.17) is 0 Å². The minimum absolute atomic E-state index is 0.141. The Morgan fingerprint density at radius 2 is 1.88 bits per heavy atom. The van der Waals surface area contributed by atoms with Crippen molar-refractivity contribution in [3.63, 3.8) is 0 Å². The Labute approximate surface area is 194 Å². The molecule has 4 aliphatic rings. The summed E-state index contributed by atoms with van der Waals surface area (Å²) in [5.74, 6) is -0.572. The number of ketones is 1. The Morgan fingerprint density at radius 3 is 2.74 bits per heavy atom. The molecular formula is C26H19N5O3. The van der Waals surface area contributed by atoms with Crippen molar-refractivity contribution < 1.29 is 14.4 Å². The maximum Gasteiger partial charge on any atom is 0.261 e. The number of nitrogens with zero attached hydrogens (tertiary/aromatic N) is 4. The Bertz CT molecular complexity index is 1540. The van der Waals surface area contributed by atoms with Crippen LogP contribution in [-0.4, -0.2) is 38.7 Å². The summed E-state index contributed by atoms with van der Waals surface area (Å²) in [5, 5.41) is 2.44. The van der Waals surface area contributed by atoms with E-state index in [1.807, 2.05) is 53.7 Å². The second-order valence-electron chi connectivity index (χ2n) is 9.00. The lowest BCUT2D eigenvalue weighted by Crippen LogP contribution is -2.36. The lowest BCUT2D eigenvalue weighted by Gasteiger charge is -2.23. The second kappa shape index (κ2) is 6.84. The van der Waals surface area contributed by atoms with Crippen LogP contribution in [0.2, 0.25) is 0 Å². The third kappa shape index (κ3) is 2.62. The number of pyridine rings is 1. The van der Waals surface area contributed by atoms with Crippen LogP contribution in [0.3, 0.4) is 0 Å². The summed E-state index contributed by atoms with van der Waals surface area (Å²) in [5.41, 5.74) is 4.73. The Hall–Kier alpha value is -4.33. The highest BCUT2D eigenvalue weighted by atomic mass is 16.2. The number of nitrogens with one attached hydrogen (secondary N) is 1. The molecule has 3 aliphatic heterocycles. The summed E-state index contributed by atoms with van der Waals surface area (Å²) >= 11 is 0. The van der Waals surface area contributed by atoms with Gasteiger partial charge in [-0.2, -0.15) is 0 Å². The quantitative estimate of drug-likeness (QED) is 0.618. The molecule has 8 nitrogen and oxygen atoms in total. The van der Waals surface area contributed by atoms with E-state index in [2.05, 4.69) is 15.3 Å². The van der Waals surface area contributed by atoms with Crippen LogP contribution in [0.5, 0.6) is 0 Å². The van der Waals surface area contributed by atoms with Gasteiger partial charge in [0.2, 0.25) is 0 Å². The number of imide groups is 1. The number of hydrogen-bond donors (Lipinski definition) is 1. The Morgan fingerprint density at radius 1 is 1.03 bits per heavy atom. The number of Topliss-reactive ketones (excluding diaryl/α,β-unsaturated/α-hetero) is 1. The summed E-state index contributed by atoms with van der Waals surface area (Å²) < 4.78 is 1.78. The van der Waals surface area contributed by atoms with Gasteiger partial charge in [-0.1, -0.05) is 24.3 Å². The normalized spacial score (nSPS) is 21.1. The van der Waals surface area contributed by atoms with Crippen LogP contribution in [0, 0.1) is 5.92 Å². The molecule has 2 aromatic heterocycles. The van der Waals surface area contributed by atoms with Gasteiger partial charge in [0.05, 0.1) is 40.5 Å². The van der Waals surface area contributed by atoms with Gasteiger partial charge in [-0.05, 0) is 30.5 Å². The van der Waals surface area contributed by atoms with Crippen LogP contribution >= 0.6 is 0 Å². The number of benzene rings is 1. The summed E-state index contributed by atoms with van der Waals surface area (Å²) in [6.45, 7) is 0. The zero-order valence-electron chi connectivity index (χ0n) is 18.1. The number of anilines is 1. The Balaban J connectivity index is 1.42. The molecule has 166 valence electrons. The number of imidazole rings is 1. The van der Waals surface area contributed by atoms with E-state index in [9.17, 15) is 14.4 Å². The number of rotatable bonds is 4. The summed E-state index contributed by atoms with van der Waals surface area (Å²) in [6.07, 6.45) is 9.38. The molecule has 1 aromatic carbocycles. The first-order chi connectivity index (χ1) is 16.6. The number of aliphatic imine (C=N–C) groups is 1. The fourth-order valence-corrected chi connectivity index (χ4v) is 5.26. The van der Waals surface area contributed by atoms with E-state index in [0.29, 0.717) is 23.5 Å². The Kier molecular flexibility index (Phi) is 3.85. The van der Waals surface area contributed by atoms with Gasteiger partial charge >= 0.3 is 0 Å². The molecule has 0 saturated heterocycles. The molecule has 5 heterocycles. The molecule has 1 fully saturated rings. The lowest BCUT2D eigenvalue weighted by atomic mass is 9.94. The van der Waals surface area contributed by atoms with E-state index in [1.54, 1.807) is 16.8 Å². The largest absolute Gasteiger partial charge is 0.335 e. The number of carbonyl (C=O) groups is 3. The van der Waals surface area contributed by atoms with E-state index >= 15 is 0 Å². The summed E-state index contributed by atoms with van der Waals surface area (Å²) in [4.78, 5) is 50.1. The van der Waals surface area contributed by atoms with Crippen LogP contribution in [0.4, 0.5) is 5.69 Å². The van der Waals surface area contributed by atoms with Crippen LogP contribution in [0.1, 0.15) is 29.7 Å². The molecule has 1 saturated carbocycles. The predicted octanol–water partition coefficient (Wildman–Crippen LogP) is 2.43. The van der Waals surface area contributed by atoms with Gasteiger partial charge in [0.1, 0.15) is 5.65 Å². The van der Waals surface area contributed by atoms with Gasteiger partial charge in [0.25, 0.3) is 11.8 Å². The highest BCUT2D eigenvalue weighted by Gasteiger charge is 2.44. The summed E-state index contributed by atoms with van der Waals surface area (Å²) in [6, 6.07) is 11.1. The third-order valence-electron chi connectivity index (χ3n) is 6.96. The first-order valence-electron chi connectivity index (χ1n) is 11.3. The molecule has 0 bridgehead atoms. The number of fused-ring (bicyclic) bond motifs is 1. The van der Waals surface area contributed by atoms with Gasteiger partial charge in [0, 0.05) is 36.5 Å². The van der Waals surface area contributed by atoms with E-state index < -0.39 is 11.8 Å². The van der Waals surface area contributed by atoms with Crippen molar-refractivity contribution in [2.24, 2.45) is 10.9 Å². The van der Waals surface area contributed by atoms with Crippen LogP contribution < -0.4 is 10.2 Å². The molecule has 8 heteroatoms. The number of carbonyl (C=O) groups excluding carboxylic acids is 3. The summed E-state index contributed by atoms with van der Waals surface area (Å²) in [7, 11) is 0. The minimum atomic E-state index is -0.493. The van der Waals surface area contributed by atoms with Gasteiger partial charge < -0.3 is 4.90 Å². The molecule has 1 N–H and O–H groups in total. The molecule has 7 rings (SSSR count). The lowest BCUT2D eigenvalue weighted by molar-refractivity contribution is -0.123. The topological polar surface area (TPSA) is 96.1 Å². The minimum Gasteiger partial charge on any atom is -0.335 e. The van der Waals surface area contributed by atoms with Gasteiger partial charge in [-0.15, -0.1) is 0 Å². The fraction of sp³-hybridized carbons (Fsp3) is 0.192. The first-order valence-corrected chi connectivity index (χ1v) is 11.3. The van der Waals surface area contributed by atoms with Crippen molar-refractivity contribution in [3.05, 3.63) is 83.6 Å². The zero-order valence-corrected chi connectivity index (χ0v) is 18.1. The number of hydrogen-bond acceptors (Lipinski definition) is 6. The molecule has 0 radical (unpaired) electrons. The molecule has 2 amide bonds. The number of aromatic nitrogens is 2. The van der Waals surface area contributed by atoms with Gasteiger partial charge in [-0.25, -0.2) is 4.98 Å². The second-order valence-corrected chi connectivity index (χ2v) is 9.00. The SMILES string of the molecule is O=C1NC(=O)C(c2cnc3ccccn23)=C1C1=NC=CN2c3c(cccc31)CC2C(=O)C1CC1. The van der Waals surface area contributed by atoms with Crippen LogP contribution in [0.15, 0.2) is 71.8 Å². The molecule has 3 aromatic rings. The van der Waals surface area contributed by atoms with Gasteiger partial charge in [0.15, 0.2) is 5.78 Å². The predicted molar refractivity (Wildman–Crippen MR) is 125 cm³/mol. The number of para-hydroxylation sites is 1. The molecule has 1 aliphatic carbocycles. The zero-order chi connectivity index (χ0) is 23.0. The molecule has 34 heavy (non-hydrogen) atoms. The highest BCUT2D eigenvalue weighted by Crippen LogP contribution is 2.43. The van der Waals surface area contributed by atoms with Crippen LogP contribution in [0.25, 0.3) is 11.2 Å². The molecule has 0 spiro atoms. The third-order valence-corrected chi connectivity index (χ3v) is 6.96. The molecule has 1 atom stereocenters. The maximum atomic E-state index is 13.1. The van der Waals surface area contributed by atoms with Crippen LogP contribution in [-0.2, 0) is 20.8 Å². The van der Waals surface area contributed by atoms with Crippen molar-refractivity contribution in [1.82, 2.24) is 14.7 Å². The standard InChI is InChI=1S/C26H19N5O3/c32-24(14-7-8-14)17-12-15-4-3-5-16-22(27-9-11-31(17)23(15)16)21-20(25(33)29-26(21)34)18-13-28-19-6-1-2-10-30(18)19/h1-6,9-11,13-14,17H,7-8,12H2,(H,29,33,34). The van der Waals surface area contributed by atoms with Gasteiger partial charge in [-0.3, -0.25) is 29.1 Å². The average molecular weight is 449 g/mol. The van der Waals surface area contributed by atoms with Crippen molar-refractivity contribution in [3.8, 4) is 0 Å². The molecule has 1 unspecified atom stereocenters. The smallest absolute Gasteiger partial charge is 0.261 e. The maximum absolute atomic E-state index is 13.1.